The van der Waals surface area contributed by atoms with Crippen molar-refractivity contribution in [2.75, 3.05) is 19.6 Å². The first-order valence-corrected chi connectivity index (χ1v) is 8.28. The number of rotatable bonds is 7. The zero-order valence-corrected chi connectivity index (χ0v) is 13.2. The number of nitrogens with zero attached hydrogens (tertiary/aromatic N) is 1. The summed E-state index contributed by atoms with van der Waals surface area (Å²) in [4.78, 5) is 2.67. The van der Waals surface area contributed by atoms with Crippen LogP contribution < -0.4 is 5.32 Å². The summed E-state index contributed by atoms with van der Waals surface area (Å²) in [6.07, 6.45) is 11.0. The van der Waals surface area contributed by atoms with E-state index in [1.54, 1.807) is 0 Å². The zero-order chi connectivity index (χ0) is 14.9. The second-order valence-corrected chi connectivity index (χ2v) is 6.01. The topological polar surface area (TPSA) is 15.3 Å². The fraction of sp³-hybridized carbons (Fsp3) is 0.579. The SMILES string of the molecule is C#CCCCCN1CC(Cc2ccccc2)NCC1CC. The second kappa shape index (κ2) is 8.87. The minimum absolute atomic E-state index is 0.572. The van der Waals surface area contributed by atoms with E-state index in [0.29, 0.717) is 12.1 Å². The van der Waals surface area contributed by atoms with Crippen LogP contribution in [0.4, 0.5) is 0 Å². The molecule has 0 spiro atoms. The van der Waals surface area contributed by atoms with Gasteiger partial charge in [-0.25, -0.2) is 0 Å². The van der Waals surface area contributed by atoms with Crippen molar-refractivity contribution < 1.29 is 0 Å². The molecule has 1 aromatic rings. The van der Waals surface area contributed by atoms with Gasteiger partial charge in [0.2, 0.25) is 0 Å². The summed E-state index contributed by atoms with van der Waals surface area (Å²) in [5, 5.41) is 3.73. The summed E-state index contributed by atoms with van der Waals surface area (Å²) in [5.74, 6) is 2.74. The van der Waals surface area contributed by atoms with Crippen molar-refractivity contribution in [2.24, 2.45) is 0 Å². The van der Waals surface area contributed by atoms with Gasteiger partial charge in [-0.2, -0.15) is 0 Å². The molecule has 1 N–H and O–H groups in total. The number of piperazine rings is 1. The van der Waals surface area contributed by atoms with Crippen LogP contribution in [0.1, 0.15) is 38.2 Å². The maximum absolute atomic E-state index is 5.34. The maximum atomic E-state index is 5.34. The van der Waals surface area contributed by atoms with Crippen LogP contribution in [-0.2, 0) is 6.42 Å². The van der Waals surface area contributed by atoms with Crippen molar-refractivity contribution in [3.8, 4) is 12.3 Å². The lowest BCUT2D eigenvalue weighted by atomic mass is 10.00. The molecule has 2 unspecified atom stereocenters. The van der Waals surface area contributed by atoms with Gasteiger partial charge in [-0.3, -0.25) is 4.90 Å². The Labute approximate surface area is 129 Å². The maximum Gasteiger partial charge on any atom is 0.0236 e. The smallest absolute Gasteiger partial charge is 0.0236 e. The van der Waals surface area contributed by atoms with Crippen molar-refractivity contribution in [3.05, 3.63) is 35.9 Å². The van der Waals surface area contributed by atoms with Gasteiger partial charge in [-0.1, -0.05) is 37.3 Å². The molecule has 1 saturated heterocycles. The molecule has 21 heavy (non-hydrogen) atoms. The van der Waals surface area contributed by atoms with Crippen LogP contribution in [0.5, 0.6) is 0 Å². The number of hydrogen-bond acceptors (Lipinski definition) is 2. The molecule has 1 fully saturated rings. The van der Waals surface area contributed by atoms with Crippen molar-refractivity contribution >= 4 is 0 Å². The Morgan fingerprint density at radius 2 is 2.10 bits per heavy atom. The molecule has 0 amide bonds. The van der Waals surface area contributed by atoms with Crippen molar-refractivity contribution in [2.45, 2.75) is 51.1 Å². The molecule has 114 valence electrons. The van der Waals surface area contributed by atoms with E-state index in [2.05, 4.69) is 53.4 Å². The molecule has 2 nitrogen and oxygen atoms in total. The van der Waals surface area contributed by atoms with E-state index in [-0.39, 0.29) is 0 Å². The average molecular weight is 284 g/mol. The van der Waals surface area contributed by atoms with E-state index in [0.717, 1.165) is 32.4 Å². The molecule has 0 aromatic heterocycles. The normalized spacial score (nSPS) is 22.9. The van der Waals surface area contributed by atoms with Crippen LogP contribution >= 0.6 is 0 Å². The second-order valence-electron chi connectivity index (χ2n) is 6.01. The summed E-state index contributed by atoms with van der Waals surface area (Å²) in [7, 11) is 0. The van der Waals surface area contributed by atoms with E-state index in [9.17, 15) is 0 Å². The summed E-state index contributed by atoms with van der Waals surface area (Å²) in [5.41, 5.74) is 1.43. The highest BCUT2D eigenvalue weighted by Crippen LogP contribution is 2.14. The Bertz CT molecular complexity index is 435. The molecule has 2 heteroatoms. The largest absolute Gasteiger partial charge is 0.311 e. The van der Waals surface area contributed by atoms with Crippen LogP contribution in [0.15, 0.2) is 30.3 Å². The quantitative estimate of drug-likeness (QED) is 0.611. The van der Waals surface area contributed by atoms with Crippen LogP contribution in [0.3, 0.4) is 0 Å². The predicted molar refractivity (Wildman–Crippen MR) is 90.3 cm³/mol. The predicted octanol–water partition coefficient (Wildman–Crippen LogP) is 3.09. The van der Waals surface area contributed by atoms with Gasteiger partial charge in [0.1, 0.15) is 0 Å². The van der Waals surface area contributed by atoms with Gasteiger partial charge in [0, 0.05) is 31.6 Å². The highest BCUT2D eigenvalue weighted by Gasteiger charge is 2.26. The van der Waals surface area contributed by atoms with Gasteiger partial charge in [0.25, 0.3) is 0 Å². The molecule has 0 saturated carbocycles. The van der Waals surface area contributed by atoms with Crippen LogP contribution in [0.2, 0.25) is 0 Å². The van der Waals surface area contributed by atoms with Gasteiger partial charge in [0.05, 0.1) is 0 Å². The summed E-state index contributed by atoms with van der Waals surface area (Å²) in [6, 6.07) is 12.1. The molecule has 0 bridgehead atoms. The Kier molecular flexibility index (Phi) is 6.79. The third-order valence-electron chi connectivity index (χ3n) is 4.43. The first-order valence-electron chi connectivity index (χ1n) is 8.28. The van der Waals surface area contributed by atoms with Crippen LogP contribution in [0, 0.1) is 12.3 Å². The standard InChI is InChI=1S/C19H28N2/c1-3-5-6-10-13-21-16-18(20-15-19(21)4-2)14-17-11-8-7-9-12-17/h1,7-9,11-12,18-20H,4-6,10,13-16H2,2H3. The summed E-state index contributed by atoms with van der Waals surface area (Å²) < 4.78 is 0. The molecule has 2 atom stereocenters. The van der Waals surface area contributed by atoms with E-state index < -0.39 is 0 Å². The minimum Gasteiger partial charge on any atom is -0.311 e. The minimum atomic E-state index is 0.572. The van der Waals surface area contributed by atoms with Gasteiger partial charge >= 0.3 is 0 Å². The van der Waals surface area contributed by atoms with Gasteiger partial charge in [-0.15, -0.1) is 12.3 Å². The molecular formula is C19H28N2. The van der Waals surface area contributed by atoms with E-state index in [1.807, 2.05) is 0 Å². The Morgan fingerprint density at radius 3 is 2.81 bits per heavy atom. The number of hydrogen-bond donors (Lipinski definition) is 1. The molecular weight excluding hydrogens is 256 g/mol. The number of nitrogens with one attached hydrogen (secondary N) is 1. The molecule has 1 heterocycles. The lowest BCUT2D eigenvalue weighted by molar-refractivity contribution is 0.124. The molecule has 1 aliphatic heterocycles. The van der Waals surface area contributed by atoms with E-state index in [4.69, 9.17) is 6.42 Å². The number of benzene rings is 1. The molecule has 0 radical (unpaired) electrons. The van der Waals surface area contributed by atoms with E-state index >= 15 is 0 Å². The van der Waals surface area contributed by atoms with Crippen LogP contribution in [-0.4, -0.2) is 36.6 Å². The Hall–Kier alpha value is -1.30. The number of terminal acetylenes is 1. The summed E-state index contributed by atoms with van der Waals surface area (Å²) in [6.45, 7) is 5.75. The lowest BCUT2D eigenvalue weighted by Gasteiger charge is -2.40. The highest BCUT2D eigenvalue weighted by atomic mass is 15.2. The Balaban J connectivity index is 1.84. The molecule has 0 aliphatic carbocycles. The molecule has 1 aliphatic rings. The van der Waals surface area contributed by atoms with Crippen molar-refractivity contribution in [3.63, 3.8) is 0 Å². The Morgan fingerprint density at radius 1 is 1.29 bits per heavy atom. The van der Waals surface area contributed by atoms with Crippen molar-refractivity contribution in [1.29, 1.82) is 0 Å². The van der Waals surface area contributed by atoms with Gasteiger partial charge in [0.15, 0.2) is 0 Å². The first-order chi connectivity index (χ1) is 10.3. The molecule has 1 aromatic carbocycles. The number of unbranched alkanes of at least 4 members (excludes halogenated alkanes) is 2. The lowest BCUT2D eigenvalue weighted by Crippen LogP contribution is -2.57. The fourth-order valence-electron chi connectivity index (χ4n) is 3.18. The third-order valence-corrected chi connectivity index (χ3v) is 4.43. The summed E-state index contributed by atoms with van der Waals surface area (Å²) >= 11 is 0. The van der Waals surface area contributed by atoms with Gasteiger partial charge < -0.3 is 5.32 Å². The van der Waals surface area contributed by atoms with Crippen LogP contribution in [0.25, 0.3) is 0 Å². The fourth-order valence-corrected chi connectivity index (χ4v) is 3.18. The first kappa shape index (κ1) is 16.1. The van der Waals surface area contributed by atoms with E-state index in [1.165, 1.54) is 24.9 Å². The highest BCUT2D eigenvalue weighted by molar-refractivity contribution is 5.16. The van der Waals surface area contributed by atoms with Crippen molar-refractivity contribution in [1.82, 2.24) is 10.2 Å². The average Bonchev–Trinajstić information content (AvgIpc) is 2.53. The molecule has 2 rings (SSSR count). The third kappa shape index (κ3) is 5.19. The zero-order valence-electron chi connectivity index (χ0n) is 13.2. The monoisotopic (exact) mass is 284 g/mol. The van der Waals surface area contributed by atoms with Gasteiger partial charge in [-0.05, 0) is 37.8 Å².